The number of carbonyl (C=O) groups is 3. The molecule has 1 N–H and O–H groups in total. The van der Waals surface area contributed by atoms with Crippen molar-refractivity contribution >= 4 is 18.0 Å². The van der Waals surface area contributed by atoms with Crippen LogP contribution in [0.4, 0.5) is 4.79 Å². The minimum Gasteiger partial charge on any atom is -0.463 e. The van der Waals surface area contributed by atoms with E-state index in [4.69, 9.17) is 14.2 Å². The quantitative estimate of drug-likeness (QED) is 0.0285. The number of rotatable bonds is 42. The average Bonchev–Trinajstić information content (AvgIpc) is 3.19. The molecule has 0 aliphatic carbocycles. The van der Waals surface area contributed by atoms with E-state index in [1.807, 2.05) is 0 Å². The first kappa shape index (κ1) is 53.6. The number of amides is 1. The minimum absolute atomic E-state index is 0.0580. The molecule has 8 heteroatoms. The number of nitrogens with zero attached hydrogens (tertiary/aromatic N) is 1. The summed E-state index contributed by atoms with van der Waals surface area (Å²) in [4.78, 5) is 40.0. The number of ether oxygens (including phenoxy) is 3. The van der Waals surface area contributed by atoms with Crippen molar-refractivity contribution in [2.24, 2.45) is 0 Å². The zero-order chi connectivity index (χ0) is 41.0. The Hall–Kier alpha value is -2.35. The largest absolute Gasteiger partial charge is 0.463 e. The van der Waals surface area contributed by atoms with Crippen LogP contribution in [0.5, 0.6) is 0 Å². The molecule has 1 amide bonds. The molecule has 0 saturated heterocycles. The fourth-order valence-electron chi connectivity index (χ4n) is 6.79. The summed E-state index contributed by atoms with van der Waals surface area (Å²) in [7, 11) is 0. The van der Waals surface area contributed by atoms with Gasteiger partial charge in [-0.05, 0) is 90.1 Å². The molecule has 0 aromatic rings. The molecule has 0 heterocycles. The molecule has 0 aliphatic rings. The maximum Gasteiger partial charge on any atom is 0.407 e. The number of unbranched alkanes of at least 4 members (excludes halogenated alkanes) is 22. The van der Waals surface area contributed by atoms with Crippen molar-refractivity contribution in [2.75, 3.05) is 39.5 Å². The smallest absolute Gasteiger partial charge is 0.407 e. The van der Waals surface area contributed by atoms with Gasteiger partial charge in [-0.25, -0.2) is 4.79 Å². The van der Waals surface area contributed by atoms with Crippen LogP contribution in [0.15, 0.2) is 24.3 Å². The van der Waals surface area contributed by atoms with Crippen molar-refractivity contribution in [1.82, 2.24) is 10.2 Å². The molecule has 56 heavy (non-hydrogen) atoms. The van der Waals surface area contributed by atoms with Gasteiger partial charge in [0.2, 0.25) is 0 Å². The van der Waals surface area contributed by atoms with Gasteiger partial charge in [0.05, 0.1) is 0 Å². The van der Waals surface area contributed by atoms with Gasteiger partial charge in [0, 0.05) is 19.4 Å². The molecule has 0 radical (unpaired) electrons. The van der Waals surface area contributed by atoms with Gasteiger partial charge in [-0.15, -0.1) is 0 Å². The molecule has 0 rings (SSSR count). The number of carbonyl (C=O) groups excluding carboxylic acids is 3. The molecule has 0 aromatic heterocycles. The Kier molecular flexibility index (Phi) is 41.9. The normalized spacial score (nSPS) is 12.2. The van der Waals surface area contributed by atoms with Gasteiger partial charge in [-0.3, -0.25) is 14.5 Å². The van der Waals surface area contributed by atoms with Crippen molar-refractivity contribution in [2.45, 2.75) is 226 Å². The Morgan fingerprint density at radius 1 is 0.446 bits per heavy atom. The van der Waals surface area contributed by atoms with Crippen LogP contribution in [0.1, 0.15) is 220 Å². The van der Waals surface area contributed by atoms with Crippen LogP contribution in [0.25, 0.3) is 0 Å². The van der Waals surface area contributed by atoms with Crippen LogP contribution >= 0.6 is 0 Å². The van der Waals surface area contributed by atoms with Gasteiger partial charge in [0.1, 0.15) is 25.9 Å². The maximum atomic E-state index is 12.7. The van der Waals surface area contributed by atoms with Crippen molar-refractivity contribution in [3.05, 3.63) is 24.3 Å². The summed E-state index contributed by atoms with van der Waals surface area (Å²) < 4.78 is 16.5. The van der Waals surface area contributed by atoms with E-state index in [2.05, 4.69) is 62.2 Å². The highest BCUT2D eigenvalue weighted by Crippen LogP contribution is 2.12. The summed E-state index contributed by atoms with van der Waals surface area (Å²) in [5.74, 6) is -0.589. The molecule has 0 spiro atoms. The number of esters is 2. The molecule has 0 atom stereocenters. The predicted octanol–water partition coefficient (Wildman–Crippen LogP) is 13.4. The lowest BCUT2D eigenvalue weighted by Crippen LogP contribution is -2.43. The van der Waals surface area contributed by atoms with Crippen LogP contribution < -0.4 is 5.32 Å². The number of alkyl carbamates (subject to hydrolysis) is 1. The Morgan fingerprint density at radius 3 is 1.18 bits per heavy atom. The van der Waals surface area contributed by atoms with Crippen LogP contribution in [-0.2, 0) is 23.8 Å². The molecule has 0 unspecified atom stereocenters. The number of hydrogen-bond donors (Lipinski definition) is 1. The first-order chi connectivity index (χ1) is 27.5. The molecule has 0 saturated carbocycles. The van der Waals surface area contributed by atoms with Crippen molar-refractivity contribution < 1.29 is 28.6 Å². The highest BCUT2D eigenvalue weighted by Gasteiger charge is 2.19. The molecule has 0 aliphatic heterocycles. The zero-order valence-corrected chi connectivity index (χ0v) is 37.2. The Labute approximate surface area is 346 Å². The lowest BCUT2D eigenvalue weighted by molar-refractivity contribution is -0.147. The van der Waals surface area contributed by atoms with E-state index >= 15 is 0 Å². The highest BCUT2D eigenvalue weighted by molar-refractivity contribution is 5.70. The first-order valence-corrected chi connectivity index (χ1v) is 23.7. The van der Waals surface area contributed by atoms with Crippen molar-refractivity contribution in [1.29, 1.82) is 0 Å². The van der Waals surface area contributed by atoms with Crippen LogP contribution in [0.3, 0.4) is 0 Å². The lowest BCUT2D eigenvalue weighted by atomic mass is 10.1. The predicted molar refractivity (Wildman–Crippen MR) is 236 cm³/mol. The fraction of sp³-hybridized carbons (Fsp3) is 0.854. The number of allylic oxidation sites excluding steroid dienone is 4. The Morgan fingerprint density at radius 2 is 0.804 bits per heavy atom. The third-order valence-corrected chi connectivity index (χ3v) is 10.2. The third-order valence-electron chi connectivity index (χ3n) is 10.2. The van der Waals surface area contributed by atoms with E-state index in [1.165, 1.54) is 116 Å². The van der Waals surface area contributed by atoms with Gasteiger partial charge >= 0.3 is 18.0 Å². The Balaban J connectivity index is 4.38. The van der Waals surface area contributed by atoms with Crippen molar-refractivity contribution in [3.8, 4) is 0 Å². The van der Waals surface area contributed by atoms with Gasteiger partial charge in [0.25, 0.3) is 0 Å². The van der Waals surface area contributed by atoms with E-state index < -0.39 is 12.1 Å². The summed E-state index contributed by atoms with van der Waals surface area (Å²) in [6.45, 7) is 11.5. The lowest BCUT2D eigenvalue weighted by Gasteiger charge is -2.22. The molecule has 0 fully saturated rings. The Bertz CT molecular complexity index is 877. The summed E-state index contributed by atoms with van der Waals surface area (Å²) in [5, 5.41) is 2.76. The zero-order valence-electron chi connectivity index (χ0n) is 37.2. The molecular weight excluding hydrogens is 701 g/mol. The van der Waals surface area contributed by atoms with Crippen LogP contribution in [0.2, 0.25) is 0 Å². The minimum atomic E-state index is -0.666. The second-order valence-electron chi connectivity index (χ2n) is 15.9. The molecular formula is C48H90N2O6. The van der Waals surface area contributed by atoms with Gasteiger partial charge in [-0.1, -0.05) is 155 Å². The molecule has 0 aromatic carbocycles. The summed E-state index contributed by atoms with van der Waals surface area (Å²) in [6, 6.07) is -0.666. The van der Waals surface area contributed by atoms with Gasteiger partial charge < -0.3 is 19.5 Å². The maximum absolute atomic E-state index is 12.7. The van der Waals surface area contributed by atoms with Crippen LogP contribution in [0, 0.1) is 0 Å². The second-order valence-corrected chi connectivity index (χ2v) is 15.9. The summed E-state index contributed by atoms with van der Waals surface area (Å²) >= 11 is 0. The van der Waals surface area contributed by atoms with Crippen molar-refractivity contribution in [3.63, 3.8) is 0 Å². The van der Waals surface area contributed by atoms with E-state index in [-0.39, 0.29) is 31.8 Å². The standard InChI is InChI=1S/C48H90N2O6/c1-5-9-11-13-15-17-19-21-23-25-27-29-31-33-35-37-46(51)55-43-45(49-48(53)54-42-41-50(39-7-3)40-8-4)44-56-47(52)38-36-34-32-30-28-26-24-22-20-18-16-14-12-10-6-2/h21-24,45H,5-20,25-44H2,1-4H3,(H,49,53). The molecule has 0 bridgehead atoms. The van der Waals surface area contributed by atoms with E-state index in [0.717, 1.165) is 77.3 Å². The SMILES string of the molecule is CCCCCCCCC=CCCCCCCCC(=O)OCC(COC(=O)CCCCCCCC=CCCCCCCCC)NC(=O)OCCN(CCC)CCC. The topological polar surface area (TPSA) is 94.2 Å². The van der Waals surface area contributed by atoms with E-state index in [1.54, 1.807) is 0 Å². The van der Waals surface area contributed by atoms with Crippen LogP contribution in [-0.4, -0.2) is 68.4 Å². The fourth-order valence-corrected chi connectivity index (χ4v) is 6.79. The monoisotopic (exact) mass is 791 g/mol. The van der Waals surface area contributed by atoms with E-state index in [9.17, 15) is 14.4 Å². The number of nitrogens with one attached hydrogen (secondary N) is 1. The van der Waals surface area contributed by atoms with Gasteiger partial charge in [-0.2, -0.15) is 0 Å². The third kappa shape index (κ3) is 39.9. The summed E-state index contributed by atoms with van der Waals surface area (Å²) in [6.07, 6.45) is 42.8. The average molecular weight is 791 g/mol. The molecule has 328 valence electrons. The highest BCUT2D eigenvalue weighted by atomic mass is 16.6. The number of hydrogen-bond acceptors (Lipinski definition) is 7. The second kappa shape index (κ2) is 43.8. The molecule has 8 nitrogen and oxygen atoms in total. The summed E-state index contributed by atoms with van der Waals surface area (Å²) in [5.41, 5.74) is 0. The van der Waals surface area contributed by atoms with Gasteiger partial charge in [0.15, 0.2) is 0 Å². The first-order valence-electron chi connectivity index (χ1n) is 23.7. The van der Waals surface area contributed by atoms with E-state index in [0.29, 0.717) is 19.4 Å².